The summed E-state index contributed by atoms with van der Waals surface area (Å²) in [6, 6.07) is 0.491. The van der Waals surface area contributed by atoms with Crippen LogP contribution in [-0.4, -0.2) is 30.1 Å². The molecular weight excluding hydrogens is 206 g/mol. The molecule has 16 heavy (non-hydrogen) atoms. The molecule has 0 atom stereocenters. The van der Waals surface area contributed by atoms with Crippen molar-refractivity contribution >= 4 is 11.9 Å². The monoisotopic (exact) mass is 227 g/mol. The second-order valence-corrected chi connectivity index (χ2v) is 5.02. The largest absolute Gasteiger partial charge is 0.460 e. The van der Waals surface area contributed by atoms with Crippen LogP contribution in [0.5, 0.6) is 0 Å². The number of esters is 1. The van der Waals surface area contributed by atoms with E-state index in [4.69, 9.17) is 10.5 Å². The fourth-order valence-corrected chi connectivity index (χ4v) is 1.14. The standard InChI is InChI=1S/C11H21N3O2/c1-11(2,3)16-9(15)6-7-13-10(12)14-8-4-5-8/h8H,4-7H2,1-3H3,(H3,12,13,14). The van der Waals surface area contributed by atoms with Gasteiger partial charge in [-0.25, -0.2) is 0 Å². The van der Waals surface area contributed by atoms with Gasteiger partial charge < -0.3 is 15.8 Å². The van der Waals surface area contributed by atoms with Gasteiger partial charge in [0.05, 0.1) is 13.0 Å². The summed E-state index contributed by atoms with van der Waals surface area (Å²) in [5.74, 6) is 0.182. The first kappa shape index (κ1) is 12.8. The smallest absolute Gasteiger partial charge is 0.308 e. The van der Waals surface area contributed by atoms with Gasteiger partial charge in [0.2, 0.25) is 0 Å². The lowest BCUT2D eigenvalue weighted by Crippen LogP contribution is -2.33. The first-order valence-corrected chi connectivity index (χ1v) is 5.65. The van der Waals surface area contributed by atoms with Crippen molar-refractivity contribution < 1.29 is 9.53 Å². The highest BCUT2D eigenvalue weighted by Gasteiger charge is 2.21. The number of carbonyl (C=O) groups is 1. The van der Waals surface area contributed by atoms with E-state index in [9.17, 15) is 4.79 Å². The molecule has 0 aromatic carbocycles. The van der Waals surface area contributed by atoms with Crippen LogP contribution in [0.25, 0.3) is 0 Å². The Balaban J connectivity index is 2.15. The van der Waals surface area contributed by atoms with E-state index in [2.05, 4.69) is 10.3 Å². The maximum absolute atomic E-state index is 11.3. The highest BCUT2D eigenvalue weighted by molar-refractivity contribution is 5.79. The van der Waals surface area contributed by atoms with Gasteiger partial charge >= 0.3 is 5.97 Å². The van der Waals surface area contributed by atoms with Crippen LogP contribution in [0.1, 0.15) is 40.0 Å². The van der Waals surface area contributed by atoms with Crippen LogP contribution in [0.2, 0.25) is 0 Å². The average molecular weight is 227 g/mol. The zero-order chi connectivity index (χ0) is 12.2. The van der Waals surface area contributed by atoms with Gasteiger partial charge in [0.25, 0.3) is 0 Å². The molecule has 0 radical (unpaired) electrons. The molecule has 1 rings (SSSR count). The Labute approximate surface area is 96.4 Å². The summed E-state index contributed by atoms with van der Waals surface area (Å²) in [5, 5.41) is 3.05. The van der Waals surface area contributed by atoms with E-state index in [1.54, 1.807) is 0 Å². The number of nitrogens with zero attached hydrogens (tertiary/aromatic N) is 1. The molecule has 92 valence electrons. The molecule has 3 N–H and O–H groups in total. The fraction of sp³-hybridized carbons (Fsp3) is 0.818. The van der Waals surface area contributed by atoms with Crippen molar-refractivity contribution in [1.82, 2.24) is 5.32 Å². The fourth-order valence-electron chi connectivity index (χ4n) is 1.14. The Kier molecular flexibility index (Phi) is 4.15. The molecule has 5 nitrogen and oxygen atoms in total. The molecule has 1 saturated carbocycles. The van der Waals surface area contributed by atoms with Crippen LogP contribution in [0, 0.1) is 0 Å². The molecule has 1 aliphatic carbocycles. The van der Waals surface area contributed by atoms with Gasteiger partial charge in [-0.3, -0.25) is 9.79 Å². The van der Waals surface area contributed by atoms with Crippen molar-refractivity contribution in [2.75, 3.05) is 6.54 Å². The molecule has 0 aromatic rings. The number of nitrogens with one attached hydrogen (secondary N) is 1. The van der Waals surface area contributed by atoms with Crippen LogP contribution >= 0.6 is 0 Å². The predicted molar refractivity (Wildman–Crippen MR) is 63.1 cm³/mol. The lowest BCUT2D eigenvalue weighted by Gasteiger charge is -2.19. The third kappa shape index (κ3) is 6.27. The minimum absolute atomic E-state index is 0.240. The molecule has 0 amide bonds. The van der Waals surface area contributed by atoms with Gasteiger partial charge in [0, 0.05) is 6.04 Å². The number of hydrogen-bond donors (Lipinski definition) is 2. The summed E-state index contributed by atoms with van der Waals surface area (Å²) in [4.78, 5) is 15.4. The Morgan fingerprint density at radius 3 is 2.62 bits per heavy atom. The van der Waals surface area contributed by atoms with E-state index in [1.165, 1.54) is 0 Å². The van der Waals surface area contributed by atoms with E-state index in [0.29, 0.717) is 18.5 Å². The first-order valence-electron chi connectivity index (χ1n) is 5.65. The van der Waals surface area contributed by atoms with E-state index < -0.39 is 5.60 Å². The minimum atomic E-state index is -0.432. The van der Waals surface area contributed by atoms with Crippen molar-refractivity contribution in [2.24, 2.45) is 10.7 Å². The Bertz CT molecular complexity index is 277. The first-order chi connectivity index (χ1) is 7.37. The summed E-state index contributed by atoms with van der Waals surface area (Å²) in [6.07, 6.45) is 2.58. The lowest BCUT2D eigenvalue weighted by atomic mass is 10.2. The van der Waals surface area contributed by atoms with Gasteiger partial charge in [0.15, 0.2) is 5.96 Å². The van der Waals surface area contributed by atoms with Crippen LogP contribution in [0.3, 0.4) is 0 Å². The van der Waals surface area contributed by atoms with Crippen LogP contribution < -0.4 is 11.1 Å². The Morgan fingerprint density at radius 2 is 2.12 bits per heavy atom. The summed E-state index contributed by atoms with van der Waals surface area (Å²) >= 11 is 0. The summed E-state index contributed by atoms with van der Waals surface area (Å²) in [6.45, 7) is 5.91. The zero-order valence-electron chi connectivity index (χ0n) is 10.2. The van der Waals surface area contributed by atoms with Crippen LogP contribution in [0.4, 0.5) is 0 Å². The molecule has 0 unspecified atom stereocenters. The molecule has 1 aliphatic rings. The minimum Gasteiger partial charge on any atom is -0.460 e. The molecular formula is C11H21N3O2. The molecule has 0 saturated heterocycles. The van der Waals surface area contributed by atoms with Gasteiger partial charge in [0.1, 0.15) is 5.60 Å². The van der Waals surface area contributed by atoms with Crippen LogP contribution in [0.15, 0.2) is 4.99 Å². The summed E-state index contributed by atoms with van der Waals surface area (Å²) in [7, 11) is 0. The third-order valence-corrected chi connectivity index (χ3v) is 1.95. The summed E-state index contributed by atoms with van der Waals surface area (Å²) in [5.41, 5.74) is 5.18. The predicted octanol–water partition coefficient (Wildman–Crippen LogP) is 0.785. The van der Waals surface area contributed by atoms with E-state index in [0.717, 1.165) is 12.8 Å². The third-order valence-electron chi connectivity index (χ3n) is 1.95. The number of guanidine groups is 1. The highest BCUT2D eigenvalue weighted by atomic mass is 16.6. The van der Waals surface area contributed by atoms with Gasteiger partial charge in [-0.1, -0.05) is 0 Å². The lowest BCUT2D eigenvalue weighted by molar-refractivity contribution is -0.154. The SMILES string of the molecule is CC(C)(C)OC(=O)CCN=C(N)NC1CC1. The summed E-state index contributed by atoms with van der Waals surface area (Å²) < 4.78 is 5.14. The Morgan fingerprint density at radius 1 is 1.50 bits per heavy atom. The number of hydrogen-bond acceptors (Lipinski definition) is 3. The van der Waals surface area contributed by atoms with Gasteiger partial charge in [-0.15, -0.1) is 0 Å². The van der Waals surface area contributed by atoms with Gasteiger partial charge in [-0.05, 0) is 33.6 Å². The van der Waals surface area contributed by atoms with E-state index in [1.807, 2.05) is 20.8 Å². The normalized spacial score (nSPS) is 17.1. The molecule has 5 heteroatoms. The van der Waals surface area contributed by atoms with Crippen molar-refractivity contribution in [1.29, 1.82) is 0 Å². The number of carbonyl (C=O) groups excluding carboxylic acids is 1. The van der Waals surface area contributed by atoms with Crippen molar-refractivity contribution in [3.63, 3.8) is 0 Å². The molecule has 1 fully saturated rings. The van der Waals surface area contributed by atoms with Crippen LogP contribution in [-0.2, 0) is 9.53 Å². The molecule has 0 aliphatic heterocycles. The topological polar surface area (TPSA) is 76.7 Å². The number of ether oxygens (including phenoxy) is 1. The van der Waals surface area contributed by atoms with Crippen molar-refractivity contribution in [3.8, 4) is 0 Å². The molecule has 0 heterocycles. The molecule has 0 spiro atoms. The number of nitrogens with two attached hydrogens (primary N) is 1. The van der Waals surface area contributed by atoms with E-state index >= 15 is 0 Å². The van der Waals surface area contributed by atoms with Crippen molar-refractivity contribution in [3.05, 3.63) is 0 Å². The number of aliphatic imine (C=N–C) groups is 1. The van der Waals surface area contributed by atoms with E-state index in [-0.39, 0.29) is 12.4 Å². The van der Waals surface area contributed by atoms with Gasteiger partial charge in [-0.2, -0.15) is 0 Å². The second kappa shape index (κ2) is 5.18. The molecule has 0 aromatic heterocycles. The molecule has 0 bridgehead atoms. The zero-order valence-corrected chi connectivity index (χ0v) is 10.2. The maximum Gasteiger partial charge on any atom is 0.308 e. The Hall–Kier alpha value is -1.26. The highest BCUT2D eigenvalue weighted by Crippen LogP contribution is 2.17. The average Bonchev–Trinajstić information content (AvgIpc) is 2.84. The second-order valence-electron chi connectivity index (χ2n) is 5.02. The number of rotatable bonds is 4. The van der Waals surface area contributed by atoms with Crippen molar-refractivity contribution in [2.45, 2.75) is 51.7 Å². The maximum atomic E-state index is 11.3. The quantitative estimate of drug-likeness (QED) is 0.423.